The first-order chi connectivity index (χ1) is 25.1. The highest BCUT2D eigenvalue weighted by Crippen LogP contribution is 2.58. The normalized spacial score (nSPS) is 29.3. The minimum absolute atomic E-state index is 0.00259. The Morgan fingerprint density at radius 2 is 1.70 bits per heavy atom. The molecule has 2 saturated carbocycles. The van der Waals surface area contributed by atoms with E-state index in [2.05, 4.69) is 5.32 Å². The van der Waals surface area contributed by atoms with E-state index in [-0.39, 0.29) is 45.2 Å². The number of nitrogens with one attached hydrogen (secondary N) is 1. The third kappa shape index (κ3) is 8.19. The molecule has 53 heavy (non-hydrogen) atoms. The number of allylic oxidation sites excluding steroid dienone is 2. The van der Waals surface area contributed by atoms with Crippen LogP contribution in [0.15, 0.2) is 24.3 Å². The van der Waals surface area contributed by atoms with Crippen molar-refractivity contribution in [2.45, 2.75) is 127 Å². The van der Waals surface area contributed by atoms with Crippen LogP contribution in [0.1, 0.15) is 96.1 Å². The minimum Gasteiger partial charge on any atom is -0.454 e. The van der Waals surface area contributed by atoms with Crippen molar-refractivity contribution in [2.75, 3.05) is 19.1 Å². The van der Waals surface area contributed by atoms with Crippen molar-refractivity contribution >= 4 is 39.5 Å². The zero-order chi connectivity index (χ0) is 37.7. The molecule has 0 spiro atoms. The molecule has 0 radical (unpaired) electrons. The maximum absolute atomic E-state index is 14.4. The second kappa shape index (κ2) is 14.3. The summed E-state index contributed by atoms with van der Waals surface area (Å²) in [5.41, 5.74) is -0.186. The van der Waals surface area contributed by atoms with Gasteiger partial charge in [0.15, 0.2) is 32.9 Å². The average molecular weight is 756 g/mol. The lowest BCUT2D eigenvalue weighted by Crippen LogP contribution is -2.53. The third-order valence-electron chi connectivity index (χ3n) is 11.1. The summed E-state index contributed by atoms with van der Waals surface area (Å²) in [4.78, 5) is 72.0. The molecule has 3 fully saturated rings. The summed E-state index contributed by atoms with van der Waals surface area (Å²) in [5, 5.41) is 2.22. The molecule has 0 aromatic heterocycles. The molecule has 4 aliphatic heterocycles. The summed E-state index contributed by atoms with van der Waals surface area (Å²) in [6.45, 7) is 5.78. The Hall–Kier alpha value is -4.14. The predicted octanol–water partition coefficient (Wildman–Crippen LogP) is 4.36. The Kier molecular flexibility index (Phi) is 10.0. The van der Waals surface area contributed by atoms with Crippen molar-refractivity contribution in [3.8, 4) is 11.5 Å². The number of amides is 3. The number of hydrogen-bond donors (Lipinski definition) is 1. The van der Waals surface area contributed by atoms with Gasteiger partial charge < -0.3 is 29.2 Å². The molecule has 288 valence electrons. The topological polar surface area (TPSA) is 175 Å². The van der Waals surface area contributed by atoms with E-state index in [9.17, 15) is 32.4 Å². The summed E-state index contributed by atoms with van der Waals surface area (Å²) in [5.74, 6) is -1.04. The number of Topliss-reactive ketones (excluding diaryl/α,β-unsaturated/α-hetero) is 2. The van der Waals surface area contributed by atoms with Gasteiger partial charge in [-0.05, 0) is 88.5 Å². The molecule has 14 nitrogen and oxygen atoms in total. The van der Waals surface area contributed by atoms with Crippen molar-refractivity contribution < 1.29 is 51.3 Å². The van der Waals surface area contributed by atoms with Gasteiger partial charge >= 0.3 is 12.2 Å². The molecule has 6 aliphatic rings. The summed E-state index contributed by atoms with van der Waals surface area (Å²) in [6.07, 6.45) is 6.10. The first-order valence-electron chi connectivity index (χ1n) is 18.7. The fourth-order valence-corrected chi connectivity index (χ4v) is 9.77. The number of carbonyl (C=O) groups is 5. The highest BCUT2D eigenvalue weighted by molar-refractivity contribution is 7.93. The number of benzene rings is 1. The Morgan fingerprint density at radius 1 is 1.00 bits per heavy atom. The monoisotopic (exact) mass is 755 g/mol. The number of rotatable bonds is 6. The molecular formula is C38H49N3O11S. The second-order valence-electron chi connectivity index (χ2n) is 16.4. The lowest BCUT2D eigenvalue weighted by molar-refractivity contribution is -0.140. The lowest BCUT2D eigenvalue weighted by Gasteiger charge is -2.30. The maximum Gasteiger partial charge on any atom is 0.410 e. The van der Waals surface area contributed by atoms with E-state index >= 15 is 0 Å². The number of carbonyl (C=O) groups excluding carboxylic acids is 5. The molecule has 1 saturated heterocycles. The summed E-state index contributed by atoms with van der Waals surface area (Å²) in [6, 6.07) is 1.62. The maximum atomic E-state index is 14.4. The largest absolute Gasteiger partial charge is 0.454 e. The number of nitrogens with zero attached hydrogens (tertiary/aromatic N) is 2. The van der Waals surface area contributed by atoms with Gasteiger partial charge in [-0.3, -0.25) is 19.3 Å². The van der Waals surface area contributed by atoms with Gasteiger partial charge in [-0.25, -0.2) is 18.0 Å². The number of hydrogen-bond acceptors (Lipinski definition) is 11. The summed E-state index contributed by atoms with van der Waals surface area (Å²) >= 11 is 0. The zero-order valence-corrected chi connectivity index (χ0v) is 31.4. The van der Waals surface area contributed by atoms with Crippen molar-refractivity contribution in [3.05, 3.63) is 35.4 Å². The Balaban J connectivity index is 1.12. The molecule has 1 aromatic carbocycles. The second-order valence-corrected chi connectivity index (χ2v) is 18.7. The fraction of sp³-hybridized carbons (Fsp3) is 0.658. The Morgan fingerprint density at radius 3 is 2.36 bits per heavy atom. The summed E-state index contributed by atoms with van der Waals surface area (Å²) in [7, 11) is -3.62. The van der Waals surface area contributed by atoms with Gasteiger partial charge in [0.25, 0.3) is 0 Å². The molecule has 7 rings (SSSR count). The van der Waals surface area contributed by atoms with E-state index in [4.69, 9.17) is 18.9 Å². The first kappa shape index (κ1) is 37.2. The molecule has 0 unspecified atom stereocenters. The lowest BCUT2D eigenvalue weighted by atomic mass is 9.88. The predicted molar refractivity (Wildman–Crippen MR) is 190 cm³/mol. The van der Waals surface area contributed by atoms with Crippen molar-refractivity contribution in [1.29, 1.82) is 0 Å². The van der Waals surface area contributed by atoms with Gasteiger partial charge in [-0.1, -0.05) is 25.0 Å². The van der Waals surface area contributed by atoms with Gasteiger partial charge in [0.2, 0.25) is 12.7 Å². The van der Waals surface area contributed by atoms with Crippen LogP contribution < -0.4 is 14.8 Å². The van der Waals surface area contributed by atoms with Gasteiger partial charge in [0.05, 0.1) is 17.8 Å². The molecule has 3 amide bonds. The molecule has 4 heterocycles. The van der Waals surface area contributed by atoms with Crippen LogP contribution in [0.2, 0.25) is 0 Å². The van der Waals surface area contributed by atoms with Gasteiger partial charge in [-0.15, -0.1) is 0 Å². The van der Waals surface area contributed by atoms with Gasteiger partial charge in [0.1, 0.15) is 23.5 Å². The summed E-state index contributed by atoms with van der Waals surface area (Å²) < 4.78 is 48.2. The molecule has 1 N–H and O–H groups in total. The van der Waals surface area contributed by atoms with E-state index in [1.165, 1.54) is 9.80 Å². The van der Waals surface area contributed by atoms with Gasteiger partial charge in [-0.2, -0.15) is 0 Å². The zero-order valence-electron chi connectivity index (χ0n) is 30.6. The number of fused-ring (bicyclic) bond motifs is 4. The number of sulfone groups is 1. The molecular weight excluding hydrogens is 706 g/mol. The first-order valence-corrected chi connectivity index (χ1v) is 20.4. The molecule has 5 atom stereocenters. The fourth-order valence-electron chi connectivity index (χ4n) is 8.03. The van der Waals surface area contributed by atoms with Crippen molar-refractivity contribution in [3.63, 3.8) is 0 Å². The molecule has 2 aliphatic carbocycles. The number of alkyl carbamates (subject to hydrolysis) is 1. The van der Waals surface area contributed by atoms with Crippen molar-refractivity contribution in [2.24, 2.45) is 11.3 Å². The molecule has 15 heteroatoms. The van der Waals surface area contributed by atoms with E-state index < -0.39 is 79.7 Å². The Bertz CT molecular complexity index is 1780. The highest BCUT2D eigenvalue weighted by atomic mass is 32.2. The van der Waals surface area contributed by atoms with Crippen LogP contribution in [0.3, 0.4) is 0 Å². The third-order valence-corrected chi connectivity index (χ3v) is 13.3. The van der Waals surface area contributed by atoms with E-state index in [1.807, 2.05) is 24.3 Å². The van der Waals surface area contributed by atoms with Gasteiger partial charge in [0, 0.05) is 31.3 Å². The van der Waals surface area contributed by atoms with Crippen molar-refractivity contribution in [1.82, 2.24) is 15.1 Å². The van der Waals surface area contributed by atoms with Crippen LogP contribution in [-0.2, 0) is 46.8 Å². The van der Waals surface area contributed by atoms with E-state index in [1.54, 1.807) is 20.8 Å². The number of ketones is 2. The quantitative estimate of drug-likeness (QED) is 0.409. The van der Waals surface area contributed by atoms with Crippen LogP contribution in [0.4, 0.5) is 9.59 Å². The smallest absolute Gasteiger partial charge is 0.410 e. The van der Waals surface area contributed by atoms with E-state index in [0.29, 0.717) is 43.6 Å². The molecule has 0 bridgehead atoms. The minimum atomic E-state index is -3.62. The standard InChI is InChI=1S/C38H49N3O11S/c1-37(2,3)52-35(45)39-28-10-8-6-4-5-7-9-25-16-38(25,33(43)21-53(47,48)27-11-12-27)17-30(42)29-15-26(20-41(29)34(28)44)51-36(46)40-18-23-13-31-32(50-22-49-31)14-24(23)19-40/h7,9,13-14,25-29H,4-6,8,10-12,15-22H2,1-3H3,(H,39,45)/b9-7-/t25-,26-,28+,29+,38-/m1/s1. The van der Waals surface area contributed by atoms with Crippen LogP contribution in [-0.4, -0.2) is 96.0 Å². The van der Waals surface area contributed by atoms with Crippen LogP contribution in [0.5, 0.6) is 11.5 Å². The average Bonchev–Trinajstić information content (AvgIpc) is 3.89. The SMILES string of the molecule is CC(C)(C)OC(=O)N[C@H]1CCCCC/C=C\[C@@H]2C[C@@]2(C(=O)CS(=O)(=O)C2CC2)CC(=O)[C@@H]2C[C@@H](OC(=O)N3Cc4cc5c(cc4C3)OCO5)CN2C1=O. The Labute approximate surface area is 309 Å². The van der Waals surface area contributed by atoms with Crippen LogP contribution in [0.25, 0.3) is 0 Å². The number of ether oxygens (including phenoxy) is 4. The molecule has 1 aromatic rings. The highest BCUT2D eigenvalue weighted by Gasteiger charge is 2.61. The van der Waals surface area contributed by atoms with E-state index in [0.717, 1.165) is 30.4 Å². The van der Waals surface area contributed by atoms with Crippen LogP contribution >= 0.6 is 0 Å². The van der Waals surface area contributed by atoms with Crippen LogP contribution in [0, 0.1) is 11.3 Å².